The third kappa shape index (κ3) is 12.1. The minimum absolute atomic E-state index is 0.129. The summed E-state index contributed by atoms with van der Waals surface area (Å²) in [6, 6.07) is 24.9. The van der Waals surface area contributed by atoms with E-state index < -0.39 is 30.6 Å². The number of aliphatic hydroxyl groups is 1. The van der Waals surface area contributed by atoms with Gasteiger partial charge in [-0.25, -0.2) is 19.0 Å². The van der Waals surface area contributed by atoms with E-state index in [0.717, 1.165) is 43.0 Å². The zero-order valence-electron chi connectivity index (χ0n) is 45.2. The number of carbonyl (C=O) groups excluding carboxylic acids is 2. The van der Waals surface area contributed by atoms with Gasteiger partial charge in [0.1, 0.15) is 62.6 Å². The van der Waals surface area contributed by atoms with Crippen molar-refractivity contribution in [2.75, 3.05) is 49.9 Å². The lowest BCUT2D eigenvalue weighted by molar-refractivity contribution is -0.0501. The monoisotopic (exact) mass is 1150 g/mol. The summed E-state index contributed by atoms with van der Waals surface area (Å²) in [5.41, 5.74) is 5.11. The van der Waals surface area contributed by atoms with Crippen LogP contribution in [0.25, 0.3) is 39.5 Å². The molecule has 0 saturated carbocycles. The highest BCUT2D eigenvalue weighted by Crippen LogP contribution is 2.41. The summed E-state index contributed by atoms with van der Waals surface area (Å²) in [4.78, 5) is 37.1. The molecule has 0 unspecified atom stereocenters. The van der Waals surface area contributed by atoms with Crippen LogP contribution in [0.1, 0.15) is 37.4 Å². The first kappa shape index (κ1) is 55.7. The molecule has 2 aliphatic rings. The standard InChI is InChI=1S/C31H30F2N8O3.C27H23F2N7O4/c1-19-5-6-21(15-23(19)20(2)40-13-10-34-11-14-40)43-22-7-8-27(44-31(32)33)24(16-22)28-26(18-39(3)38-28)37-30(42)25-17-36-41-12-4-9-35-29(25)41;1-35-13-21(33-25(37)20-12-32-36-9-3-8-31-24(20)36)23(34-35)19-11-18(6-7-22(19)40-26(28)29)39-17-5-2-4-16(10-17)27(38)14-30-15-27/h4-9,12,15-18,31,34H,2,10-11,13-14H2,1,3H3,(H,37,42);2-13,26,30,38H,14-15H2,1H3,(H,33,37). The number of anilines is 2. The Bertz CT molecular complexity index is 4080. The number of aryl methyl sites for hydroxylation is 3. The molecule has 12 rings (SSSR count). The zero-order valence-corrected chi connectivity index (χ0v) is 45.2. The fourth-order valence-electron chi connectivity index (χ4n) is 9.59. The molecule has 0 aliphatic carbocycles. The Labute approximate surface area is 475 Å². The lowest BCUT2D eigenvalue weighted by atomic mass is 9.88. The van der Waals surface area contributed by atoms with Crippen LogP contribution in [0.4, 0.5) is 28.9 Å². The lowest BCUT2D eigenvalue weighted by Crippen LogP contribution is -2.56. The van der Waals surface area contributed by atoms with Crippen molar-refractivity contribution in [1.82, 2.24) is 64.3 Å². The summed E-state index contributed by atoms with van der Waals surface area (Å²) in [5, 5.41) is 39.8. The van der Waals surface area contributed by atoms with E-state index in [0.29, 0.717) is 52.9 Å². The van der Waals surface area contributed by atoms with E-state index in [1.54, 1.807) is 93.7 Å². The molecule has 0 bridgehead atoms. The van der Waals surface area contributed by atoms with Crippen molar-refractivity contribution >= 4 is 40.2 Å². The summed E-state index contributed by atoms with van der Waals surface area (Å²) in [7, 11) is 3.29. The van der Waals surface area contributed by atoms with Gasteiger partial charge in [-0.15, -0.1) is 0 Å². The van der Waals surface area contributed by atoms with Crippen LogP contribution in [-0.2, 0) is 19.7 Å². The lowest BCUT2D eigenvalue weighted by Gasteiger charge is -2.38. The molecule has 430 valence electrons. The number of nitrogens with one attached hydrogen (secondary N) is 4. The molecule has 2 amide bonds. The number of nitrogens with zero attached hydrogens (tertiary/aromatic N) is 11. The number of alkyl halides is 4. The predicted molar refractivity (Wildman–Crippen MR) is 300 cm³/mol. The van der Waals surface area contributed by atoms with Crippen molar-refractivity contribution in [3.63, 3.8) is 0 Å². The zero-order chi connectivity index (χ0) is 58.6. The number of piperazine rings is 1. The fourth-order valence-corrected chi connectivity index (χ4v) is 9.59. The highest BCUT2D eigenvalue weighted by Gasteiger charge is 2.36. The Balaban J connectivity index is 0.000000176. The Morgan fingerprint density at radius 1 is 0.655 bits per heavy atom. The topological polar surface area (TPSA) is 239 Å². The van der Waals surface area contributed by atoms with E-state index in [1.807, 2.05) is 25.1 Å². The molecule has 0 spiro atoms. The van der Waals surface area contributed by atoms with Gasteiger partial charge in [0.25, 0.3) is 11.8 Å². The predicted octanol–water partition coefficient (Wildman–Crippen LogP) is 8.53. The van der Waals surface area contributed by atoms with Gasteiger partial charge in [0.2, 0.25) is 0 Å². The second-order valence-electron chi connectivity index (χ2n) is 19.5. The second-order valence-corrected chi connectivity index (χ2v) is 19.5. The fraction of sp³-hybridized carbons (Fsp3) is 0.207. The molecule has 26 heteroatoms. The summed E-state index contributed by atoms with van der Waals surface area (Å²) in [6.07, 6.45) is 12.3. The normalized spacial score (nSPS) is 13.8. The van der Waals surface area contributed by atoms with E-state index in [4.69, 9.17) is 18.9 Å². The number of benzene rings is 4. The Hall–Kier alpha value is -10.2. The molecule has 6 aromatic heterocycles. The molecule has 8 heterocycles. The van der Waals surface area contributed by atoms with Gasteiger partial charge in [-0.3, -0.25) is 19.0 Å². The Kier molecular flexibility index (Phi) is 15.7. The second kappa shape index (κ2) is 23.7. The number of rotatable bonds is 17. The number of hydrogen-bond donors (Lipinski definition) is 5. The summed E-state index contributed by atoms with van der Waals surface area (Å²) in [6.45, 7) is 4.51. The quantitative estimate of drug-likeness (QED) is 0.0537. The van der Waals surface area contributed by atoms with Crippen molar-refractivity contribution in [3.05, 3.63) is 175 Å². The van der Waals surface area contributed by atoms with E-state index in [-0.39, 0.29) is 56.5 Å². The van der Waals surface area contributed by atoms with Gasteiger partial charge in [-0.1, -0.05) is 24.8 Å². The van der Waals surface area contributed by atoms with Crippen LogP contribution >= 0.6 is 0 Å². The van der Waals surface area contributed by atoms with E-state index in [1.165, 1.54) is 61.1 Å². The number of carbonyl (C=O) groups is 2. The number of β-amino-alcohol motifs (C(OH)–C–C–N with tert-alkyl or cyclic N) is 1. The average Bonchev–Trinajstić information content (AvgIpc) is 4.25. The van der Waals surface area contributed by atoms with E-state index >= 15 is 0 Å². The number of ether oxygens (including phenoxy) is 4. The highest BCUT2D eigenvalue weighted by molar-refractivity contribution is 6.10. The molecule has 10 aromatic rings. The molecule has 5 N–H and O–H groups in total. The maximum absolute atomic E-state index is 13.4. The van der Waals surface area contributed by atoms with Crippen molar-refractivity contribution in [3.8, 4) is 57.0 Å². The summed E-state index contributed by atoms with van der Waals surface area (Å²) in [5.74, 6) is 0.377. The van der Waals surface area contributed by atoms with Crippen molar-refractivity contribution < 1.29 is 51.2 Å². The average molecular weight is 1150 g/mol. The first-order chi connectivity index (χ1) is 40.5. The van der Waals surface area contributed by atoms with Crippen LogP contribution in [0.15, 0.2) is 147 Å². The maximum Gasteiger partial charge on any atom is 0.387 e. The maximum atomic E-state index is 13.4. The van der Waals surface area contributed by atoms with Gasteiger partial charge in [-0.2, -0.15) is 38.0 Å². The van der Waals surface area contributed by atoms with E-state index in [2.05, 4.69) is 63.1 Å². The molecule has 2 fully saturated rings. The number of aromatic nitrogens is 10. The van der Waals surface area contributed by atoms with Crippen LogP contribution in [0.5, 0.6) is 34.5 Å². The molecule has 2 aliphatic heterocycles. The number of hydrogen-bond acceptors (Lipinski definition) is 16. The van der Waals surface area contributed by atoms with E-state index in [9.17, 15) is 32.3 Å². The largest absolute Gasteiger partial charge is 0.457 e. The minimum Gasteiger partial charge on any atom is -0.457 e. The van der Waals surface area contributed by atoms with Crippen LogP contribution < -0.4 is 40.2 Å². The van der Waals surface area contributed by atoms with Crippen LogP contribution in [0, 0.1) is 6.92 Å². The molecule has 4 aromatic carbocycles. The third-order valence-corrected chi connectivity index (χ3v) is 13.7. The van der Waals surface area contributed by atoms with Gasteiger partial charge in [0, 0.05) is 102 Å². The van der Waals surface area contributed by atoms with Crippen molar-refractivity contribution in [2.45, 2.75) is 25.7 Å². The van der Waals surface area contributed by atoms with Gasteiger partial charge in [-0.05, 0) is 90.8 Å². The molecule has 22 nitrogen and oxygen atoms in total. The third-order valence-electron chi connectivity index (χ3n) is 13.7. The molecule has 0 radical (unpaired) electrons. The number of halogens is 4. The number of amides is 2. The van der Waals surface area contributed by atoms with Crippen LogP contribution in [0.3, 0.4) is 0 Å². The molecule has 84 heavy (non-hydrogen) atoms. The van der Waals surface area contributed by atoms with Crippen molar-refractivity contribution in [1.29, 1.82) is 0 Å². The van der Waals surface area contributed by atoms with Gasteiger partial charge >= 0.3 is 13.2 Å². The number of fused-ring (bicyclic) bond motifs is 2. The van der Waals surface area contributed by atoms with Gasteiger partial charge in [0.15, 0.2) is 11.3 Å². The first-order valence-electron chi connectivity index (χ1n) is 26.2. The summed E-state index contributed by atoms with van der Waals surface area (Å²) < 4.78 is 81.2. The smallest absolute Gasteiger partial charge is 0.387 e. The highest BCUT2D eigenvalue weighted by atomic mass is 19.3. The molecular weight excluding hydrogens is 1090 g/mol. The minimum atomic E-state index is -3.09. The summed E-state index contributed by atoms with van der Waals surface area (Å²) >= 11 is 0. The van der Waals surface area contributed by atoms with Gasteiger partial charge in [0.05, 0.1) is 34.9 Å². The molecule has 0 atom stereocenters. The van der Waals surface area contributed by atoms with Crippen LogP contribution in [0.2, 0.25) is 0 Å². The molecule has 2 saturated heterocycles. The first-order valence-corrected chi connectivity index (χ1v) is 26.2. The Morgan fingerprint density at radius 2 is 1.15 bits per heavy atom. The van der Waals surface area contributed by atoms with Crippen molar-refractivity contribution in [2.24, 2.45) is 14.1 Å². The van der Waals surface area contributed by atoms with Gasteiger partial charge < -0.3 is 50.2 Å². The SMILES string of the molecule is C=C(c1cc(Oc2ccc(OC(F)F)c(-c3nn(C)cc3NC(=O)c3cnn4cccnc34)c2)ccc1C)N1CCNCC1.Cn1cc(NC(=O)c2cnn3cccnc23)c(-c2cc(Oc3cccc(C4(O)CNC4)c3)ccc2OC(F)F)n1. The Morgan fingerprint density at radius 3 is 1.65 bits per heavy atom. The van der Waals surface area contributed by atoms with Crippen LogP contribution in [-0.4, -0.2) is 123 Å². The molecular formula is C58H53F4N15O7.